The molecule has 15 heavy (non-hydrogen) atoms. The molecule has 1 aromatic heterocycles. The van der Waals surface area contributed by atoms with Crippen LogP contribution in [0.3, 0.4) is 0 Å². The van der Waals surface area contributed by atoms with Crippen molar-refractivity contribution in [3.05, 3.63) is 18.0 Å². The van der Waals surface area contributed by atoms with Crippen LogP contribution in [0.25, 0.3) is 0 Å². The summed E-state index contributed by atoms with van der Waals surface area (Å²) in [6, 6.07) is 1.20. The molecule has 82 valence electrons. The molecule has 0 aliphatic carbocycles. The summed E-state index contributed by atoms with van der Waals surface area (Å²) in [6.07, 6.45) is -1.31. The molecule has 0 aliphatic heterocycles. The fraction of sp³-hybridized carbons (Fsp3) is 0.375. The van der Waals surface area contributed by atoms with Gasteiger partial charge in [0.25, 0.3) is 6.43 Å². The molecular weight excluding hydrogens is 208 g/mol. The highest BCUT2D eigenvalue weighted by molar-refractivity contribution is 5.85. The minimum absolute atomic E-state index is 0.0322. The van der Waals surface area contributed by atoms with Crippen molar-refractivity contribution >= 4 is 11.9 Å². The Morgan fingerprint density at radius 1 is 1.67 bits per heavy atom. The molecule has 0 aliphatic rings. The summed E-state index contributed by atoms with van der Waals surface area (Å²) in [7, 11) is 1.37. The summed E-state index contributed by atoms with van der Waals surface area (Å²) in [5, 5.41) is 8.62. The van der Waals surface area contributed by atoms with Crippen LogP contribution >= 0.6 is 0 Å². The van der Waals surface area contributed by atoms with Gasteiger partial charge in [0.05, 0.1) is 6.54 Å². The second-order valence-electron chi connectivity index (χ2n) is 2.82. The van der Waals surface area contributed by atoms with Crippen molar-refractivity contribution in [2.24, 2.45) is 0 Å². The number of nitrogens with zero attached hydrogens (tertiary/aromatic N) is 3. The van der Waals surface area contributed by atoms with Gasteiger partial charge >= 0.3 is 5.97 Å². The van der Waals surface area contributed by atoms with Crippen molar-refractivity contribution in [3.8, 4) is 0 Å². The molecule has 0 spiro atoms. The molecule has 0 bridgehead atoms. The van der Waals surface area contributed by atoms with Crippen molar-refractivity contribution < 1.29 is 18.7 Å². The monoisotopic (exact) mass is 217 g/mol. The van der Waals surface area contributed by atoms with E-state index in [9.17, 15) is 13.6 Å². The molecular formula is C8H9F2N3O2. The van der Waals surface area contributed by atoms with E-state index in [2.05, 4.69) is 9.97 Å². The lowest BCUT2D eigenvalue weighted by Gasteiger charge is -2.15. The number of carboxylic acids is 1. The van der Waals surface area contributed by atoms with Gasteiger partial charge in [-0.05, 0) is 6.07 Å². The van der Waals surface area contributed by atoms with Crippen molar-refractivity contribution in [1.29, 1.82) is 0 Å². The lowest BCUT2D eigenvalue weighted by molar-refractivity contribution is 0.0690. The molecule has 0 aromatic carbocycles. The zero-order valence-corrected chi connectivity index (χ0v) is 7.89. The van der Waals surface area contributed by atoms with Gasteiger partial charge in [0.2, 0.25) is 5.95 Å². The Morgan fingerprint density at radius 2 is 2.33 bits per heavy atom. The highest BCUT2D eigenvalue weighted by Crippen LogP contribution is 2.07. The van der Waals surface area contributed by atoms with Crippen molar-refractivity contribution in [3.63, 3.8) is 0 Å². The predicted molar refractivity (Wildman–Crippen MR) is 48.3 cm³/mol. The summed E-state index contributed by atoms with van der Waals surface area (Å²) in [5.41, 5.74) is -0.221. The van der Waals surface area contributed by atoms with E-state index in [1.165, 1.54) is 19.3 Å². The van der Waals surface area contributed by atoms with Crippen molar-refractivity contribution in [2.45, 2.75) is 6.43 Å². The standard InChI is InChI=1S/C8H9F2N3O2/c1-13(4-6(9)10)8-11-3-2-5(12-8)7(14)15/h2-3,6H,4H2,1H3,(H,14,15). The van der Waals surface area contributed by atoms with E-state index >= 15 is 0 Å². The smallest absolute Gasteiger partial charge is 0.354 e. The molecule has 0 fully saturated rings. The van der Waals surface area contributed by atoms with Gasteiger partial charge in [-0.25, -0.2) is 23.5 Å². The third-order valence-electron chi connectivity index (χ3n) is 1.62. The molecule has 0 unspecified atom stereocenters. The lowest BCUT2D eigenvalue weighted by Crippen LogP contribution is -2.26. The summed E-state index contributed by atoms with van der Waals surface area (Å²) in [4.78, 5) is 18.9. The van der Waals surface area contributed by atoms with E-state index in [0.29, 0.717) is 0 Å². The topological polar surface area (TPSA) is 66.3 Å². The summed E-state index contributed by atoms with van der Waals surface area (Å²) in [5.74, 6) is -1.25. The number of rotatable bonds is 4. The number of hydrogen-bond donors (Lipinski definition) is 1. The van der Waals surface area contributed by atoms with Crippen LogP contribution in [0.2, 0.25) is 0 Å². The first-order chi connectivity index (χ1) is 7.00. The van der Waals surface area contributed by atoms with Gasteiger partial charge in [-0.3, -0.25) is 0 Å². The highest BCUT2D eigenvalue weighted by Gasteiger charge is 2.13. The third kappa shape index (κ3) is 3.12. The average molecular weight is 217 g/mol. The Morgan fingerprint density at radius 3 is 2.87 bits per heavy atom. The van der Waals surface area contributed by atoms with E-state index in [4.69, 9.17) is 5.11 Å². The zero-order chi connectivity index (χ0) is 11.4. The van der Waals surface area contributed by atoms with Gasteiger partial charge in [-0.1, -0.05) is 0 Å². The first-order valence-electron chi connectivity index (χ1n) is 4.06. The van der Waals surface area contributed by atoms with Gasteiger partial charge in [-0.15, -0.1) is 0 Å². The minimum atomic E-state index is -2.52. The van der Waals surface area contributed by atoms with Gasteiger partial charge in [0.1, 0.15) is 0 Å². The van der Waals surface area contributed by atoms with Gasteiger partial charge in [0.15, 0.2) is 5.69 Å². The molecule has 1 rings (SSSR count). The molecule has 1 aromatic rings. The first kappa shape index (κ1) is 11.3. The maximum atomic E-state index is 12.0. The quantitative estimate of drug-likeness (QED) is 0.810. The Labute approximate surface area is 84.4 Å². The van der Waals surface area contributed by atoms with E-state index in [1.807, 2.05) is 0 Å². The van der Waals surface area contributed by atoms with Crippen LogP contribution in [-0.4, -0.2) is 41.1 Å². The molecule has 0 saturated heterocycles. The van der Waals surface area contributed by atoms with Crippen molar-refractivity contribution in [1.82, 2.24) is 9.97 Å². The summed E-state index contributed by atoms with van der Waals surface area (Å²) in [6.45, 7) is -0.539. The van der Waals surface area contributed by atoms with Crippen LogP contribution < -0.4 is 4.90 Å². The van der Waals surface area contributed by atoms with E-state index in [-0.39, 0.29) is 11.6 Å². The minimum Gasteiger partial charge on any atom is -0.477 e. The molecule has 0 saturated carbocycles. The number of carbonyl (C=O) groups is 1. The number of anilines is 1. The van der Waals surface area contributed by atoms with Gasteiger partial charge in [-0.2, -0.15) is 0 Å². The Bertz CT molecular complexity index is 359. The van der Waals surface area contributed by atoms with E-state index in [0.717, 1.165) is 4.90 Å². The van der Waals surface area contributed by atoms with E-state index in [1.54, 1.807) is 0 Å². The Hall–Kier alpha value is -1.79. The van der Waals surface area contributed by atoms with Crippen LogP contribution in [-0.2, 0) is 0 Å². The summed E-state index contributed by atoms with van der Waals surface area (Å²) >= 11 is 0. The largest absolute Gasteiger partial charge is 0.477 e. The molecule has 1 N–H and O–H groups in total. The maximum Gasteiger partial charge on any atom is 0.354 e. The fourth-order valence-corrected chi connectivity index (χ4v) is 0.940. The molecule has 0 atom stereocenters. The number of halogens is 2. The zero-order valence-electron chi connectivity index (χ0n) is 7.89. The van der Waals surface area contributed by atoms with Crippen LogP contribution in [0.15, 0.2) is 12.3 Å². The van der Waals surface area contributed by atoms with Crippen LogP contribution in [0, 0.1) is 0 Å². The average Bonchev–Trinajstić information content (AvgIpc) is 2.17. The van der Waals surface area contributed by atoms with Crippen LogP contribution in [0.1, 0.15) is 10.5 Å². The first-order valence-corrected chi connectivity index (χ1v) is 4.06. The Balaban J connectivity index is 2.85. The Kier molecular flexibility index (Phi) is 3.48. The normalized spacial score (nSPS) is 10.4. The molecule has 0 radical (unpaired) electrons. The molecule has 1 heterocycles. The van der Waals surface area contributed by atoms with E-state index < -0.39 is 18.9 Å². The molecule has 5 nitrogen and oxygen atoms in total. The maximum absolute atomic E-state index is 12.0. The SMILES string of the molecule is CN(CC(F)F)c1nccc(C(=O)O)n1. The van der Waals surface area contributed by atoms with Gasteiger partial charge in [0, 0.05) is 13.2 Å². The van der Waals surface area contributed by atoms with Crippen LogP contribution in [0.5, 0.6) is 0 Å². The van der Waals surface area contributed by atoms with Gasteiger partial charge < -0.3 is 10.0 Å². The number of alkyl halides is 2. The number of aromatic carboxylic acids is 1. The fourth-order valence-electron chi connectivity index (χ4n) is 0.940. The van der Waals surface area contributed by atoms with Crippen molar-refractivity contribution in [2.75, 3.05) is 18.5 Å². The highest BCUT2D eigenvalue weighted by atomic mass is 19.3. The second kappa shape index (κ2) is 4.63. The second-order valence-corrected chi connectivity index (χ2v) is 2.82. The number of aromatic nitrogens is 2. The predicted octanol–water partition coefficient (Wildman–Crippen LogP) is 0.876. The number of hydrogen-bond acceptors (Lipinski definition) is 4. The summed E-state index contributed by atoms with van der Waals surface area (Å²) < 4.78 is 24.0. The molecule has 7 heteroatoms. The number of carboxylic acid groups (broad SMARTS) is 1. The van der Waals surface area contributed by atoms with Crippen LogP contribution in [0.4, 0.5) is 14.7 Å². The lowest BCUT2D eigenvalue weighted by atomic mass is 10.4. The third-order valence-corrected chi connectivity index (χ3v) is 1.62. The molecule has 0 amide bonds.